The Labute approximate surface area is 182 Å². The van der Waals surface area contributed by atoms with E-state index in [1.54, 1.807) is 5.38 Å². The van der Waals surface area contributed by atoms with Crippen LogP contribution in [0.15, 0.2) is 53.9 Å². The standard InChI is InChI=1S/C22H20FN3O4S/c1-14-2-4-15(5-3-14)21-25-18(13-31-21)22(29)30-12-20(28)26(11-10-19(24)27)17-8-6-16(23)7-9-17/h2-9,13H,10-12H2,1H3,(H2,24,27). The van der Waals surface area contributed by atoms with Crippen LogP contribution in [-0.4, -0.2) is 35.9 Å². The van der Waals surface area contributed by atoms with Crippen molar-refractivity contribution < 1.29 is 23.5 Å². The Bertz CT molecular complexity index is 1080. The summed E-state index contributed by atoms with van der Waals surface area (Å²) >= 11 is 1.29. The molecule has 2 N–H and O–H groups in total. The van der Waals surface area contributed by atoms with Crippen molar-refractivity contribution in [2.24, 2.45) is 5.73 Å². The summed E-state index contributed by atoms with van der Waals surface area (Å²) in [5, 5.41) is 2.22. The highest BCUT2D eigenvalue weighted by Crippen LogP contribution is 2.24. The molecular formula is C22H20FN3O4S. The number of hydrogen-bond donors (Lipinski definition) is 1. The normalized spacial score (nSPS) is 10.5. The quantitative estimate of drug-likeness (QED) is 0.540. The molecule has 3 aromatic rings. The largest absolute Gasteiger partial charge is 0.451 e. The minimum absolute atomic E-state index is 0.0222. The first-order valence-electron chi connectivity index (χ1n) is 9.37. The van der Waals surface area contributed by atoms with Crippen molar-refractivity contribution in [3.63, 3.8) is 0 Å². The summed E-state index contributed by atoms with van der Waals surface area (Å²) in [6.07, 6.45) is -0.0942. The van der Waals surface area contributed by atoms with Crippen LogP contribution in [0.1, 0.15) is 22.5 Å². The summed E-state index contributed by atoms with van der Waals surface area (Å²) < 4.78 is 18.3. The van der Waals surface area contributed by atoms with Gasteiger partial charge in [-0.05, 0) is 31.2 Å². The molecule has 0 aliphatic heterocycles. The van der Waals surface area contributed by atoms with E-state index < -0.39 is 30.2 Å². The topological polar surface area (TPSA) is 103 Å². The highest BCUT2D eigenvalue weighted by Gasteiger charge is 2.20. The molecule has 31 heavy (non-hydrogen) atoms. The van der Waals surface area contributed by atoms with E-state index in [2.05, 4.69) is 4.98 Å². The van der Waals surface area contributed by atoms with Gasteiger partial charge in [-0.1, -0.05) is 29.8 Å². The molecule has 0 aliphatic rings. The van der Waals surface area contributed by atoms with Gasteiger partial charge in [0.2, 0.25) is 5.91 Å². The van der Waals surface area contributed by atoms with Crippen molar-refractivity contribution in [2.45, 2.75) is 13.3 Å². The number of amides is 2. The molecule has 2 aromatic carbocycles. The molecule has 0 atom stereocenters. The van der Waals surface area contributed by atoms with Gasteiger partial charge in [0, 0.05) is 29.6 Å². The highest BCUT2D eigenvalue weighted by atomic mass is 32.1. The average molecular weight is 441 g/mol. The van der Waals surface area contributed by atoms with Gasteiger partial charge < -0.3 is 15.4 Å². The third-order valence-electron chi connectivity index (χ3n) is 4.36. The number of nitrogens with two attached hydrogens (primary N) is 1. The highest BCUT2D eigenvalue weighted by molar-refractivity contribution is 7.13. The molecule has 0 saturated heterocycles. The second-order valence-electron chi connectivity index (χ2n) is 6.72. The first-order chi connectivity index (χ1) is 14.8. The van der Waals surface area contributed by atoms with Crippen LogP contribution in [0.4, 0.5) is 10.1 Å². The van der Waals surface area contributed by atoms with Crippen LogP contribution in [0.3, 0.4) is 0 Å². The van der Waals surface area contributed by atoms with E-state index in [0.717, 1.165) is 11.1 Å². The number of aryl methyl sites for hydroxylation is 1. The van der Waals surface area contributed by atoms with Crippen molar-refractivity contribution >= 4 is 34.8 Å². The molecule has 1 aromatic heterocycles. The van der Waals surface area contributed by atoms with Gasteiger partial charge >= 0.3 is 5.97 Å². The number of halogens is 1. The van der Waals surface area contributed by atoms with Gasteiger partial charge in [0.25, 0.3) is 5.91 Å². The predicted octanol–water partition coefficient (Wildman–Crippen LogP) is 3.32. The summed E-state index contributed by atoms with van der Waals surface area (Å²) in [6, 6.07) is 12.9. The van der Waals surface area contributed by atoms with E-state index in [1.807, 2.05) is 31.2 Å². The molecule has 7 nitrogen and oxygen atoms in total. The molecule has 160 valence electrons. The van der Waals surface area contributed by atoms with E-state index in [4.69, 9.17) is 10.5 Å². The number of esters is 1. The Morgan fingerprint density at radius 2 is 1.77 bits per heavy atom. The summed E-state index contributed by atoms with van der Waals surface area (Å²) in [6.45, 7) is 1.39. The maximum atomic E-state index is 13.2. The lowest BCUT2D eigenvalue weighted by Gasteiger charge is -2.22. The minimum Gasteiger partial charge on any atom is -0.451 e. The fourth-order valence-corrected chi connectivity index (χ4v) is 3.51. The second-order valence-corrected chi connectivity index (χ2v) is 7.58. The molecule has 0 fully saturated rings. The fourth-order valence-electron chi connectivity index (χ4n) is 2.72. The van der Waals surface area contributed by atoms with Crippen molar-refractivity contribution in [2.75, 3.05) is 18.1 Å². The summed E-state index contributed by atoms with van der Waals surface area (Å²) in [7, 11) is 0. The number of ether oxygens (including phenoxy) is 1. The Hall–Kier alpha value is -3.59. The van der Waals surface area contributed by atoms with Crippen molar-refractivity contribution in [3.8, 4) is 10.6 Å². The molecule has 2 amide bonds. The molecule has 3 rings (SSSR count). The van der Waals surface area contributed by atoms with E-state index >= 15 is 0 Å². The lowest BCUT2D eigenvalue weighted by Crippen LogP contribution is -2.37. The number of anilines is 1. The van der Waals surface area contributed by atoms with E-state index in [1.165, 1.54) is 40.5 Å². The zero-order valence-electron chi connectivity index (χ0n) is 16.7. The van der Waals surface area contributed by atoms with Gasteiger partial charge in [0.1, 0.15) is 10.8 Å². The smallest absolute Gasteiger partial charge is 0.358 e. The van der Waals surface area contributed by atoms with Crippen molar-refractivity contribution in [3.05, 3.63) is 71.0 Å². The zero-order chi connectivity index (χ0) is 22.4. The fraction of sp³-hybridized carbons (Fsp3) is 0.182. The van der Waals surface area contributed by atoms with Crippen LogP contribution in [0.25, 0.3) is 10.6 Å². The number of rotatable bonds is 8. The van der Waals surface area contributed by atoms with Gasteiger partial charge in [0.05, 0.1) is 0 Å². The zero-order valence-corrected chi connectivity index (χ0v) is 17.5. The Balaban J connectivity index is 1.65. The predicted molar refractivity (Wildman–Crippen MR) is 115 cm³/mol. The SMILES string of the molecule is Cc1ccc(-c2nc(C(=O)OCC(=O)N(CCC(N)=O)c3ccc(F)cc3)cs2)cc1. The number of carbonyl (C=O) groups is 3. The maximum absolute atomic E-state index is 13.2. The van der Waals surface area contributed by atoms with Crippen LogP contribution < -0.4 is 10.6 Å². The third kappa shape index (κ3) is 5.95. The first kappa shape index (κ1) is 22.1. The summed E-state index contributed by atoms with van der Waals surface area (Å²) in [5.41, 5.74) is 7.61. The number of hydrogen-bond acceptors (Lipinski definition) is 6. The van der Waals surface area contributed by atoms with E-state index in [0.29, 0.717) is 10.7 Å². The molecule has 0 unspecified atom stereocenters. The second kappa shape index (κ2) is 9.94. The summed E-state index contributed by atoms with van der Waals surface area (Å²) in [4.78, 5) is 41.6. The van der Waals surface area contributed by atoms with Crippen LogP contribution in [0.2, 0.25) is 0 Å². The Morgan fingerprint density at radius 3 is 2.42 bits per heavy atom. The van der Waals surface area contributed by atoms with Crippen LogP contribution in [-0.2, 0) is 14.3 Å². The molecule has 0 radical (unpaired) electrons. The minimum atomic E-state index is -0.739. The van der Waals surface area contributed by atoms with Gasteiger partial charge in [0.15, 0.2) is 12.3 Å². The van der Waals surface area contributed by atoms with Gasteiger partial charge in [-0.3, -0.25) is 9.59 Å². The van der Waals surface area contributed by atoms with Gasteiger partial charge in [-0.2, -0.15) is 0 Å². The molecular weight excluding hydrogens is 421 g/mol. The molecule has 0 aliphatic carbocycles. The van der Waals surface area contributed by atoms with Crippen LogP contribution in [0, 0.1) is 12.7 Å². The lowest BCUT2D eigenvalue weighted by molar-refractivity contribution is -0.121. The number of carbonyl (C=O) groups excluding carboxylic acids is 3. The Kier molecular flexibility index (Phi) is 7.09. The van der Waals surface area contributed by atoms with E-state index in [9.17, 15) is 18.8 Å². The first-order valence-corrected chi connectivity index (χ1v) is 10.3. The van der Waals surface area contributed by atoms with Crippen LogP contribution in [0.5, 0.6) is 0 Å². The van der Waals surface area contributed by atoms with Crippen molar-refractivity contribution in [1.29, 1.82) is 0 Å². The average Bonchev–Trinajstić information content (AvgIpc) is 3.24. The number of thiazole rings is 1. The third-order valence-corrected chi connectivity index (χ3v) is 5.25. The molecule has 9 heteroatoms. The number of primary amides is 1. The summed E-state index contributed by atoms with van der Waals surface area (Å²) in [5.74, 6) is -2.37. The van der Waals surface area contributed by atoms with Gasteiger partial charge in [-0.15, -0.1) is 11.3 Å². The van der Waals surface area contributed by atoms with Crippen molar-refractivity contribution in [1.82, 2.24) is 4.98 Å². The van der Waals surface area contributed by atoms with Crippen LogP contribution >= 0.6 is 11.3 Å². The molecule has 0 saturated carbocycles. The van der Waals surface area contributed by atoms with Gasteiger partial charge in [-0.25, -0.2) is 14.2 Å². The monoisotopic (exact) mass is 441 g/mol. The molecule has 0 spiro atoms. The molecule has 1 heterocycles. The van der Waals surface area contributed by atoms with E-state index in [-0.39, 0.29) is 18.7 Å². The number of benzene rings is 2. The molecule has 0 bridgehead atoms. The number of aromatic nitrogens is 1. The Morgan fingerprint density at radius 1 is 1.10 bits per heavy atom. The number of nitrogens with zero attached hydrogens (tertiary/aromatic N) is 2. The maximum Gasteiger partial charge on any atom is 0.358 e. The lowest BCUT2D eigenvalue weighted by atomic mass is 10.2.